The van der Waals surface area contributed by atoms with Crippen LogP contribution in [0.15, 0.2) is 48.0 Å². The maximum atomic E-state index is 13.7. The molecule has 7 heteroatoms. The minimum absolute atomic E-state index is 0. The smallest absolute Gasteiger partial charge is 0.193 e. The summed E-state index contributed by atoms with van der Waals surface area (Å²) in [7, 11) is 1.80. The average molecular weight is 471 g/mol. The van der Waals surface area contributed by atoms with Crippen LogP contribution in [0.5, 0.6) is 0 Å². The van der Waals surface area contributed by atoms with Crippen LogP contribution in [0.3, 0.4) is 0 Å². The molecular formula is C19H27FIN5. The second-order valence-corrected chi connectivity index (χ2v) is 6.60. The van der Waals surface area contributed by atoms with Crippen LogP contribution in [-0.4, -0.2) is 47.1 Å². The Bertz CT molecular complexity index is 704. The van der Waals surface area contributed by atoms with Gasteiger partial charge in [0.05, 0.1) is 12.4 Å². The number of likely N-dealkylation sites (tertiary alicyclic amines) is 1. The van der Waals surface area contributed by atoms with Gasteiger partial charge >= 0.3 is 0 Å². The van der Waals surface area contributed by atoms with Crippen molar-refractivity contribution in [1.82, 2.24) is 19.8 Å². The molecule has 0 amide bonds. The third-order valence-electron chi connectivity index (χ3n) is 4.97. The van der Waals surface area contributed by atoms with Gasteiger partial charge in [-0.15, -0.1) is 24.0 Å². The molecule has 0 aliphatic carbocycles. The molecular weight excluding hydrogens is 444 g/mol. The van der Waals surface area contributed by atoms with Crippen molar-refractivity contribution in [1.29, 1.82) is 0 Å². The molecule has 1 aliphatic heterocycles. The summed E-state index contributed by atoms with van der Waals surface area (Å²) in [5, 5.41) is 3.38. The van der Waals surface area contributed by atoms with Gasteiger partial charge in [0.15, 0.2) is 5.96 Å². The molecule has 0 bridgehead atoms. The van der Waals surface area contributed by atoms with E-state index in [0.29, 0.717) is 24.9 Å². The predicted octanol–water partition coefficient (Wildman–Crippen LogP) is 3.34. The van der Waals surface area contributed by atoms with E-state index < -0.39 is 0 Å². The number of guanidine groups is 1. The van der Waals surface area contributed by atoms with E-state index in [9.17, 15) is 4.39 Å². The Hall–Kier alpha value is -1.64. The molecule has 2 heterocycles. The molecule has 1 saturated heterocycles. The molecule has 1 aromatic heterocycles. The fraction of sp³-hybridized carbons (Fsp3) is 0.474. The van der Waals surface area contributed by atoms with Crippen molar-refractivity contribution in [3.63, 3.8) is 0 Å². The van der Waals surface area contributed by atoms with Crippen molar-refractivity contribution in [2.75, 3.05) is 26.7 Å². The summed E-state index contributed by atoms with van der Waals surface area (Å²) in [4.78, 5) is 10.9. The number of nitrogens with one attached hydrogen (secondary N) is 1. The molecule has 2 unspecified atom stereocenters. The molecule has 1 N–H and O–H groups in total. The number of benzene rings is 1. The zero-order chi connectivity index (χ0) is 17.6. The van der Waals surface area contributed by atoms with Crippen LogP contribution in [0.25, 0.3) is 0 Å². The van der Waals surface area contributed by atoms with Crippen molar-refractivity contribution in [3.05, 3.63) is 54.4 Å². The minimum atomic E-state index is -0.147. The van der Waals surface area contributed by atoms with Crippen molar-refractivity contribution < 1.29 is 4.39 Å². The molecule has 2 aromatic rings. The zero-order valence-corrected chi connectivity index (χ0v) is 17.6. The summed E-state index contributed by atoms with van der Waals surface area (Å²) in [5.41, 5.74) is 0.731. The van der Waals surface area contributed by atoms with E-state index in [1.165, 1.54) is 6.07 Å². The summed E-state index contributed by atoms with van der Waals surface area (Å²) in [6.07, 6.45) is 7.49. The van der Waals surface area contributed by atoms with Gasteiger partial charge in [0, 0.05) is 39.1 Å². The van der Waals surface area contributed by atoms with Gasteiger partial charge in [-0.3, -0.25) is 4.99 Å². The van der Waals surface area contributed by atoms with Crippen LogP contribution >= 0.6 is 24.0 Å². The first-order valence-electron chi connectivity index (χ1n) is 8.85. The fourth-order valence-electron chi connectivity index (χ4n) is 3.44. The SMILES string of the molecule is CN=C(NCCc1ccccc1F)N1CCC(C)C(n2ccnc2)C1.I. The first kappa shape index (κ1) is 20.7. The quantitative estimate of drug-likeness (QED) is 0.423. The fourth-order valence-corrected chi connectivity index (χ4v) is 3.44. The molecule has 2 atom stereocenters. The van der Waals surface area contributed by atoms with Gasteiger partial charge in [0.2, 0.25) is 0 Å². The maximum Gasteiger partial charge on any atom is 0.193 e. The molecule has 1 aliphatic rings. The molecule has 0 radical (unpaired) electrons. The number of aromatic nitrogens is 2. The zero-order valence-electron chi connectivity index (χ0n) is 15.3. The normalized spacial score (nSPS) is 20.6. The van der Waals surface area contributed by atoms with Gasteiger partial charge in [-0.1, -0.05) is 25.1 Å². The lowest BCUT2D eigenvalue weighted by Crippen LogP contribution is -2.49. The lowest BCUT2D eigenvalue weighted by atomic mass is 9.93. The van der Waals surface area contributed by atoms with E-state index in [0.717, 1.165) is 31.0 Å². The highest BCUT2D eigenvalue weighted by molar-refractivity contribution is 14.0. The Morgan fingerprint density at radius 2 is 2.19 bits per heavy atom. The summed E-state index contributed by atoms with van der Waals surface area (Å²) in [6, 6.07) is 7.32. The van der Waals surface area contributed by atoms with Gasteiger partial charge in [-0.2, -0.15) is 0 Å². The van der Waals surface area contributed by atoms with Crippen LogP contribution in [0, 0.1) is 11.7 Å². The number of hydrogen-bond acceptors (Lipinski definition) is 2. The summed E-state index contributed by atoms with van der Waals surface area (Å²) >= 11 is 0. The van der Waals surface area contributed by atoms with Gasteiger partial charge in [-0.05, 0) is 30.4 Å². The van der Waals surface area contributed by atoms with E-state index in [1.54, 1.807) is 13.1 Å². The number of piperidine rings is 1. The molecule has 142 valence electrons. The highest BCUT2D eigenvalue weighted by Crippen LogP contribution is 2.27. The lowest BCUT2D eigenvalue weighted by molar-refractivity contribution is 0.189. The molecule has 0 saturated carbocycles. The highest BCUT2D eigenvalue weighted by atomic mass is 127. The van der Waals surface area contributed by atoms with Crippen molar-refractivity contribution in [2.45, 2.75) is 25.8 Å². The topological polar surface area (TPSA) is 45.5 Å². The average Bonchev–Trinajstić information content (AvgIpc) is 3.15. The van der Waals surface area contributed by atoms with Crippen molar-refractivity contribution >= 4 is 29.9 Å². The molecule has 1 fully saturated rings. The Labute approximate surface area is 171 Å². The Balaban J connectivity index is 0.00000243. The van der Waals surface area contributed by atoms with Gasteiger partial charge < -0.3 is 14.8 Å². The first-order chi connectivity index (χ1) is 12.2. The lowest BCUT2D eigenvalue weighted by Gasteiger charge is -2.39. The molecule has 26 heavy (non-hydrogen) atoms. The predicted molar refractivity (Wildman–Crippen MR) is 113 cm³/mol. The Kier molecular flexibility index (Phi) is 7.86. The number of hydrogen-bond donors (Lipinski definition) is 1. The van der Waals surface area contributed by atoms with Crippen LogP contribution in [-0.2, 0) is 6.42 Å². The van der Waals surface area contributed by atoms with Gasteiger partial charge in [0.1, 0.15) is 5.82 Å². The third kappa shape index (κ3) is 4.96. The largest absolute Gasteiger partial charge is 0.356 e. The second-order valence-electron chi connectivity index (χ2n) is 6.60. The standard InChI is InChI=1S/C19H26FN5.HI/c1-15-8-11-24(13-18(15)25-12-10-22-14-25)19(21-2)23-9-7-16-5-3-4-6-17(16)20;/h3-6,10,12,14-15,18H,7-9,11,13H2,1-2H3,(H,21,23);1H. The summed E-state index contributed by atoms with van der Waals surface area (Å²) in [5.74, 6) is 1.33. The summed E-state index contributed by atoms with van der Waals surface area (Å²) < 4.78 is 15.9. The van der Waals surface area contributed by atoms with E-state index in [-0.39, 0.29) is 29.8 Å². The van der Waals surface area contributed by atoms with Crippen molar-refractivity contribution in [2.24, 2.45) is 10.9 Å². The van der Waals surface area contributed by atoms with E-state index in [2.05, 4.69) is 31.7 Å². The Morgan fingerprint density at radius 1 is 1.38 bits per heavy atom. The van der Waals surface area contributed by atoms with Crippen LogP contribution < -0.4 is 5.32 Å². The van der Waals surface area contributed by atoms with Crippen LogP contribution in [0.2, 0.25) is 0 Å². The number of aliphatic imine (C=N–C) groups is 1. The number of rotatable bonds is 4. The van der Waals surface area contributed by atoms with E-state index in [1.807, 2.05) is 30.9 Å². The highest BCUT2D eigenvalue weighted by Gasteiger charge is 2.28. The number of imidazole rings is 1. The van der Waals surface area contributed by atoms with E-state index in [4.69, 9.17) is 0 Å². The van der Waals surface area contributed by atoms with Crippen LogP contribution in [0.1, 0.15) is 24.9 Å². The Morgan fingerprint density at radius 3 is 2.88 bits per heavy atom. The minimum Gasteiger partial charge on any atom is -0.356 e. The second kappa shape index (κ2) is 9.89. The monoisotopic (exact) mass is 471 g/mol. The summed E-state index contributed by atoms with van der Waals surface area (Å²) in [6.45, 7) is 4.83. The van der Waals surface area contributed by atoms with Gasteiger partial charge in [-0.25, -0.2) is 9.37 Å². The molecule has 1 aromatic carbocycles. The third-order valence-corrected chi connectivity index (χ3v) is 4.97. The molecule has 0 spiro atoms. The van der Waals surface area contributed by atoms with Crippen molar-refractivity contribution in [3.8, 4) is 0 Å². The van der Waals surface area contributed by atoms with E-state index >= 15 is 0 Å². The first-order valence-corrected chi connectivity index (χ1v) is 8.85. The van der Waals surface area contributed by atoms with Crippen LogP contribution in [0.4, 0.5) is 4.39 Å². The maximum absolute atomic E-state index is 13.7. The van der Waals surface area contributed by atoms with Gasteiger partial charge in [0.25, 0.3) is 0 Å². The molecule has 3 rings (SSSR count). The number of halogens is 2. The number of nitrogens with zero attached hydrogens (tertiary/aromatic N) is 4. The molecule has 5 nitrogen and oxygen atoms in total.